The Labute approximate surface area is 210 Å². The maximum absolute atomic E-state index is 13.8. The van der Waals surface area contributed by atoms with Gasteiger partial charge in [0.2, 0.25) is 5.91 Å². The van der Waals surface area contributed by atoms with Crippen LogP contribution in [0.4, 0.5) is 4.79 Å². The van der Waals surface area contributed by atoms with Crippen LogP contribution in [0.1, 0.15) is 90.3 Å². The van der Waals surface area contributed by atoms with Crippen molar-refractivity contribution in [2.24, 2.45) is 5.92 Å². The first-order chi connectivity index (χ1) is 16.4. The number of terminal acetylenes is 1. The van der Waals surface area contributed by atoms with Gasteiger partial charge in [-0.05, 0) is 64.0 Å². The zero-order chi connectivity index (χ0) is 26.2. The summed E-state index contributed by atoms with van der Waals surface area (Å²) >= 11 is 0. The van der Waals surface area contributed by atoms with Crippen LogP contribution in [0.5, 0.6) is 0 Å². The lowest BCUT2D eigenvalue weighted by Crippen LogP contribution is -2.52. The highest BCUT2D eigenvalue weighted by Crippen LogP contribution is 2.27. The Morgan fingerprint density at radius 1 is 1.14 bits per heavy atom. The van der Waals surface area contributed by atoms with E-state index in [4.69, 9.17) is 11.2 Å². The molecule has 0 bridgehead atoms. The summed E-state index contributed by atoms with van der Waals surface area (Å²) in [6, 6.07) is 7.98. The van der Waals surface area contributed by atoms with E-state index in [1.165, 1.54) is 0 Å². The fourth-order valence-corrected chi connectivity index (χ4v) is 4.39. The van der Waals surface area contributed by atoms with Gasteiger partial charge in [-0.25, -0.2) is 4.79 Å². The van der Waals surface area contributed by atoms with E-state index in [9.17, 15) is 14.4 Å². The largest absolute Gasteiger partial charge is 0.444 e. The number of benzene rings is 1. The molecule has 1 fully saturated rings. The van der Waals surface area contributed by atoms with Crippen LogP contribution < -0.4 is 10.6 Å². The Morgan fingerprint density at radius 2 is 1.77 bits per heavy atom. The number of aryl methyl sites for hydroxylation is 1. The molecule has 1 aromatic rings. The van der Waals surface area contributed by atoms with Crippen LogP contribution >= 0.6 is 0 Å². The second-order valence-electron chi connectivity index (χ2n) is 10.8. The number of nitrogens with zero attached hydrogens (tertiary/aromatic N) is 1. The third kappa shape index (κ3) is 8.61. The number of hydrogen-bond acceptors (Lipinski definition) is 4. The van der Waals surface area contributed by atoms with Crippen molar-refractivity contribution in [3.8, 4) is 12.5 Å². The number of nitrogens with one attached hydrogen (secondary N) is 2. The van der Waals surface area contributed by atoms with Crippen LogP contribution in [0.25, 0.3) is 0 Å². The molecule has 35 heavy (non-hydrogen) atoms. The molecule has 0 heterocycles. The van der Waals surface area contributed by atoms with E-state index in [2.05, 4.69) is 16.7 Å². The van der Waals surface area contributed by atoms with Crippen molar-refractivity contribution in [2.75, 3.05) is 0 Å². The van der Waals surface area contributed by atoms with E-state index in [-0.39, 0.29) is 17.9 Å². The average Bonchev–Trinajstić information content (AvgIpc) is 2.76. The number of carbonyl (C=O) groups is 3. The van der Waals surface area contributed by atoms with E-state index < -0.39 is 29.7 Å². The van der Waals surface area contributed by atoms with Gasteiger partial charge in [-0.15, -0.1) is 0 Å². The first-order valence-corrected chi connectivity index (χ1v) is 12.6. The molecule has 1 aliphatic rings. The lowest BCUT2D eigenvalue weighted by molar-refractivity contribution is -0.139. The molecule has 2 N–H and O–H groups in total. The fourth-order valence-electron chi connectivity index (χ4n) is 4.39. The molecule has 0 saturated heterocycles. The van der Waals surface area contributed by atoms with Gasteiger partial charge >= 0.3 is 6.09 Å². The molecule has 1 saturated carbocycles. The number of alkyl carbamates (subject to hydrolysis) is 1. The molecule has 192 valence electrons. The minimum atomic E-state index is -1.01. The standard InChI is InChI=1S/C28H41N3O4/c1-8-31(26(33)23(18-19(2)3)30-27(34)35-28(5,6)7)24(22-17-13-12-14-20(22)4)25(32)29-21-15-10-9-11-16-21/h1,12-14,17,19,21,23-24H,9-11,15-16,18H2,2-7H3,(H,29,32)(H,30,34). The highest BCUT2D eigenvalue weighted by Gasteiger charge is 2.37. The first-order valence-electron chi connectivity index (χ1n) is 12.6. The topological polar surface area (TPSA) is 87.7 Å². The van der Waals surface area contributed by atoms with Gasteiger partial charge in [0.1, 0.15) is 17.7 Å². The third-order valence-electron chi connectivity index (χ3n) is 6.01. The van der Waals surface area contributed by atoms with Crippen LogP contribution in [-0.4, -0.2) is 40.5 Å². The SMILES string of the molecule is C#CN(C(=O)C(CC(C)C)NC(=O)OC(C)(C)C)C(C(=O)NC1CCCCC1)c1ccccc1C. The minimum absolute atomic E-state index is 0.0591. The van der Waals surface area contributed by atoms with Crippen molar-refractivity contribution in [1.29, 1.82) is 0 Å². The van der Waals surface area contributed by atoms with Crippen molar-refractivity contribution < 1.29 is 19.1 Å². The summed E-state index contributed by atoms with van der Waals surface area (Å²) in [6.45, 7) is 11.0. The van der Waals surface area contributed by atoms with Crippen LogP contribution in [-0.2, 0) is 14.3 Å². The molecule has 0 spiro atoms. The average molecular weight is 484 g/mol. The summed E-state index contributed by atoms with van der Waals surface area (Å²) in [4.78, 5) is 41.0. The van der Waals surface area contributed by atoms with Crippen molar-refractivity contribution >= 4 is 17.9 Å². The van der Waals surface area contributed by atoms with Gasteiger partial charge < -0.3 is 15.4 Å². The number of rotatable bonds is 8. The van der Waals surface area contributed by atoms with Crippen molar-refractivity contribution in [1.82, 2.24) is 15.5 Å². The maximum atomic E-state index is 13.8. The van der Waals surface area contributed by atoms with E-state index in [0.29, 0.717) is 12.0 Å². The summed E-state index contributed by atoms with van der Waals surface area (Å²) in [6.07, 6.45) is 10.6. The predicted octanol–water partition coefficient (Wildman–Crippen LogP) is 4.84. The Kier molecular flexibility index (Phi) is 10.2. The maximum Gasteiger partial charge on any atom is 0.408 e. The van der Waals surface area contributed by atoms with Gasteiger partial charge in [0.25, 0.3) is 5.91 Å². The minimum Gasteiger partial charge on any atom is -0.444 e. The van der Waals surface area contributed by atoms with E-state index in [0.717, 1.165) is 42.6 Å². The van der Waals surface area contributed by atoms with E-state index in [1.807, 2.05) is 45.0 Å². The highest BCUT2D eigenvalue weighted by atomic mass is 16.6. The van der Waals surface area contributed by atoms with E-state index >= 15 is 0 Å². The number of amides is 3. The molecular formula is C28H41N3O4. The fraction of sp³-hybridized carbons (Fsp3) is 0.607. The first kappa shape index (κ1) is 28.2. The second-order valence-corrected chi connectivity index (χ2v) is 10.8. The number of carbonyl (C=O) groups excluding carboxylic acids is 3. The Hall–Kier alpha value is -3.01. The Bertz CT molecular complexity index is 923. The molecule has 1 aromatic carbocycles. The predicted molar refractivity (Wildman–Crippen MR) is 137 cm³/mol. The van der Waals surface area contributed by atoms with Gasteiger partial charge in [-0.1, -0.05) is 63.8 Å². The Morgan fingerprint density at radius 3 is 2.31 bits per heavy atom. The molecule has 2 unspecified atom stereocenters. The van der Waals surface area contributed by atoms with Crippen LogP contribution in [0.15, 0.2) is 24.3 Å². The van der Waals surface area contributed by atoms with Crippen LogP contribution in [0, 0.1) is 25.3 Å². The zero-order valence-corrected chi connectivity index (χ0v) is 22.0. The van der Waals surface area contributed by atoms with Gasteiger partial charge in [-0.3, -0.25) is 14.5 Å². The summed E-state index contributed by atoms with van der Waals surface area (Å²) in [5.41, 5.74) is 0.794. The molecule has 0 aliphatic heterocycles. The molecule has 2 rings (SSSR count). The molecule has 7 heteroatoms. The lowest BCUT2D eigenvalue weighted by atomic mass is 9.93. The molecule has 7 nitrogen and oxygen atoms in total. The van der Waals surface area contributed by atoms with Gasteiger partial charge in [0, 0.05) is 12.1 Å². The van der Waals surface area contributed by atoms with Crippen LogP contribution in [0.2, 0.25) is 0 Å². The second kappa shape index (κ2) is 12.6. The monoisotopic (exact) mass is 483 g/mol. The summed E-state index contributed by atoms with van der Waals surface area (Å²) in [5.74, 6) is -0.733. The normalized spacial score (nSPS) is 16.1. The molecule has 0 radical (unpaired) electrons. The molecule has 1 aliphatic carbocycles. The quantitative estimate of drug-likeness (QED) is 0.409. The van der Waals surface area contributed by atoms with Crippen LogP contribution in [0.3, 0.4) is 0 Å². The third-order valence-corrected chi connectivity index (χ3v) is 6.01. The van der Waals surface area contributed by atoms with Crippen molar-refractivity contribution in [3.63, 3.8) is 0 Å². The molecule has 2 atom stereocenters. The zero-order valence-electron chi connectivity index (χ0n) is 22.0. The summed E-state index contributed by atoms with van der Waals surface area (Å²) in [5, 5.41) is 5.81. The van der Waals surface area contributed by atoms with Crippen molar-refractivity contribution in [2.45, 2.75) is 104 Å². The number of ether oxygens (including phenoxy) is 1. The van der Waals surface area contributed by atoms with E-state index in [1.54, 1.807) is 20.8 Å². The van der Waals surface area contributed by atoms with Gasteiger partial charge in [0.05, 0.1) is 0 Å². The van der Waals surface area contributed by atoms with Gasteiger partial charge in [-0.2, -0.15) is 0 Å². The highest BCUT2D eigenvalue weighted by molar-refractivity contribution is 5.93. The number of hydrogen-bond donors (Lipinski definition) is 2. The molecular weight excluding hydrogens is 442 g/mol. The smallest absolute Gasteiger partial charge is 0.408 e. The lowest BCUT2D eigenvalue weighted by Gasteiger charge is -2.33. The molecule has 0 aromatic heterocycles. The summed E-state index contributed by atoms with van der Waals surface area (Å²) < 4.78 is 5.37. The van der Waals surface area contributed by atoms with Crippen molar-refractivity contribution in [3.05, 3.63) is 35.4 Å². The van der Waals surface area contributed by atoms with Gasteiger partial charge in [0.15, 0.2) is 0 Å². The summed E-state index contributed by atoms with van der Waals surface area (Å²) in [7, 11) is 0. The Balaban J connectivity index is 2.39. The molecule has 3 amide bonds.